The van der Waals surface area contributed by atoms with E-state index in [0.29, 0.717) is 17.9 Å². The first-order valence-electron chi connectivity index (χ1n) is 7.10. The monoisotopic (exact) mass is 311 g/mol. The summed E-state index contributed by atoms with van der Waals surface area (Å²) in [6, 6.07) is 4.92. The molecule has 1 amide bonds. The van der Waals surface area contributed by atoms with Crippen LogP contribution in [0.15, 0.2) is 18.2 Å². The summed E-state index contributed by atoms with van der Waals surface area (Å²) >= 11 is 0. The van der Waals surface area contributed by atoms with Crippen molar-refractivity contribution in [3.8, 4) is 11.5 Å². The van der Waals surface area contributed by atoms with Gasteiger partial charge in [0.15, 0.2) is 0 Å². The second kappa shape index (κ2) is 7.89. The Morgan fingerprint density at radius 2 is 1.95 bits per heavy atom. The van der Waals surface area contributed by atoms with Crippen molar-refractivity contribution in [3.63, 3.8) is 0 Å². The maximum absolute atomic E-state index is 11.8. The van der Waals surface area contributed by atoms with E-state index in [9.17, 15) is 9.90 Å². The summed E-state index contributed by atoms with van der Waals surface area (Å²) in [7, 11) is 3.15. The standard InChI is InChI=1S/C16H25NO5/c1-16(2,3)22-15(19)17-12(10-18)8-11-9-13(20-4)6-7-14(11)21-5/h6-7,9,12,18H,8,10H2,1-5H3,(H,17,19). The lowest BCUT2D eigenvalue weighted by Crippen LogP contribution is -2.42. The lowest BCUT2D eigenvalue weighted by molar-refractivity contribution is 0.0482. The van der Waals surface area contributed by atoms with Crippen molar-refractivity contribution in [2.45, 2.75) is 38.8 Å². The zero-order valence-electron chi connectivity index (χ0n) is 13.8. The Hall–Kier alpha value is -1.95. The quantitative estimate of drug-likeness (QED) is 0.841. The third kappa shape index (κ3) is 5.81. The Labute approximate surface area is 131 Å². The zero-order chi connectivity index (χ0) is 16.8. The van der Waals surface area contributed by atoms with E-state index in [1.165, 1.54) is 0 Å². The van der Waals surface area contributed by atoms with Crippen LogP contribution in [0.2, 0.25) is 0 Å². The van der Waals surface area contributed by atoms with E-state index in [4.69, 9.17) is 14.2 Å². The number of hydrogen-bond donors (Lipinski definition) is 2. The molecule has 0 saturated heterocycles. The van der Waals surface area contributed by atoms with Crippen molar-refractivity contribution in [3.05, 3.63) is 23.8 Å². The van der Waals surface area contributed by atoms with Crippen molar-refractivity contribution in [1.82, 2.24) is 5.32 Å². The van der Waals surface area contributed by atoms with E-state index < -0.39 is 17.7 Å². The van der Waals surface area contributed by atoms with Crippen LogP contribution in [0, 0.1) is 0 Å². The number of amides is 1. The third-order valence-electron chi connectivity index (χ3n) is 2.90. The van der Waals surface area contributed by atoms with Crippen LogP contribution in [-0.2, 0) is 11.2 Å². The summed E-state index contributed by atoms with van der Waals surface area (Å²) in [6.45, 7) is 5.14. The predicted molar refractivity (Wildman–Crippen MR) is 83.5 cm³/mol. The van der Waals surface area contributed by atoms with Gasteiger partial charge in [-0.15, -0.1) is 0 Å². The molecule has 22 heavy (non-hydrogen) atoms. The summed E-state index contributed by atoms with van der Waals surface area (Å²) < 4.78 is 15.7. The molecule has 0 spiro atoms. The van der Waals surface area contributed by atoms with Crippen LogP contribution in [0.1, 0.15) is 26.3 Å². The van der Waals surface area contributed by atoms with E-state index >= 15 is 0 Å². The Bertz CT molecular complexity index is 496. The molecular weight excluding hydrogens is 286 g/mol. The van der Waals surface area contributed by atoms with Gasteiger partial charge in [-0.05, 0) is 51.0 Å². The molecule has 0 fully saturated rings. The normalized spacial score (nSPS) is 12.5. The average molecular weight is 311 g/mol. The van der Waals surface area contributed by atoms with Crippen LogP contribution in [0.3, 0.4) is 0 Å². The van der Waals surface area contributed by atoms with Crippen LogP contribution in [0.25, 0.3) is 0 Å². The molecule has 0 aromatic heterocycles. The highest BCUT2D eigenvalue weighted by Crippen LogP contribution is 2.25. The smallest absolute Gasteiger partial charge is 0.407 e. The number of aliphatic hydroxyl groups is 1. The third-order valence-corrected chi connectivity index (χ3v) is 2.90. The molecule has 1 unspecified atom stereocenters. The maximum atomic E-state index is 11.8. The van der Waals surface area contributed by atoms with Gasteiger partial charge >= 0.3 is 6.09 Å². The highest BCUT2D eigenvalue weighted by Gasteiger charge is 2.20. The Kier molecular flexibility index (Phi) is 6.49. The highest BCUT2D eigenvalue weighted by molar-refractivity contribution is 5.68. The average Bonchev–Trinajstić information content (AvgIpc) is 2.44. The van der Waals surface area contributed by atoms with Gasteiger partial charge in [-0.25, -0.2) is 4.79 Å². The predicted octanol–water partition coefficient (Wildman–Crippen LogP) is 2.13. The largest absolute Gasteiger partial charge is 0.497 e. The minimum absolute atomic E-state index is 0.209. The van der Waals surface area contributed by atoms with Crippen molar-refractivity contribution in [2.75, 3.05) is 20.8 Å². The number of rotatable bonds is 6. The maximum Gasteiger partial charge on any atom is 0.407 e. The Morgan fingerprint density at radius 3 is 2.45 bits per heavy atom. The van der Waals surface area contributed by atoms with E-state index in [2.05, 4.69) is 5.32 Å². The summed E-state index contributed by atoms with van der Waals surface area (Å²) in [5.41, 5.74) is 0.245. The Morgan fingerprint density at radius 1 is 1.27 bits per heavy atom. The van der Waals surface area contributed by atoms with Gasteiger partial charge in [0.2, 0.25) is 0 Å². The first kappa shape index (κ1) is 18.1. The molecule has 1 rings (SSSR count). The van der Waals surface area contributed by atoms with Gasteiger partial charge in [0.05, 0.1) is 26.9 Å². The molecule has 0 heterocycles. The first-order valence-corrected chi connectivity index (χ1v) is 7.10. The fourth-order valence-electron chi connectivity index (χ4n) is 1.94. The highest BCUT2D eigenvalue weighted by atomic mass is 16.6. The minimum Gasteiger partial charge on any atom is -0.497 e. The minimum atomic E-state index is -0.586. The molecule has 0 aliphatic carbocycles. The van der Waals surface area contributed by atoms with Crippen LogP contribution in [0.5, 0.6) is 11.5 Å². The van der Waals surface area contributed by atoms with E-state index in [0.717, 1.165) is 5.56 Å². The van der Waals surface area contributed by atoms with E-state index in [-0.39, 0.29) is 6.61 Å². The van der Waals surface area contributed by atoms with Gasteiger partial charge in [0.1, 0.15) is 17.1 Å². The number of carbonyl (C=O) groups excluding carboxylic acids is 1. The van der Waals surface area contributed by atoms with Crippen molar-refractivity contribution in [2.24, 2.45) is 0 Å². The molecule has 0 radical (unpaired) electrons. The number of nitrogens with one attached hydrogen (secondary N) is 1. The number of methoxy groups -OCH3 is 2. The van der Waals surface area contributed by atoms with Crippen molar-refractivity contribution >= 4 is 6.09 Å². The topological polar surface area (TPSA) is 77.0 Å². The lowest BCUT2D eigenvalue weighted by Gasteiger charge is -2.23. The molecule has 1 atom stereocenters. The van der Waals surface area contributed by atoms with Gasteiger partial charge < -0.3 is 24.6 Å². The number of carbonyl (C=O) groups is 1. The van der Waals surface area contributed by atoms with Gasteiger partial charge in [0, 0.05) is 0 Å². The van der Waals surface area contributed by atoms with Crippen LogP contribution >= 0.6 is 0 Å². The molecular formula is C16H25NO5. The molecule has 1 aromatic rings. The van der Waals surface area contributed by atoms with Gasteiger partial charge in [-0.2, -0.15) is 0 Å². The molecule has 6 nitrogen and oxygen atoms in total. The zero-order valence-corrected chi connectivity index (χ0v) is 13.8. The summed E-state index contributed by atoms with van der Waals surface area (Å²) in [6.07, 6.45) is -0.163. The molecule has 124 valence electrons. The molecule has 0 bridgehead atoms. The number of hydrogen-bond acceptors (Lipinski definition) is 5. The second-order valence-electron chi connectivity index (χ2n) is 5.91. The fraction of sp³-hybridized carbons (Fsp3) is 0.562. The van der Waals surface area contributed by atoms with E-state index in [1.807, 2.05) is 6.07 Å². The van der Waals surface area contributed by atoms with Gasteiger partial charge in [-0.3, -0.25) is 0 Å². The summed E-state index contributed by atoms with van der Waals surface area (Å²) in [5.74, 6) is 1.36. The Balaban J connectivity index is 2.79. The van der Waals surface area contributed by atoms with Crippen LogP contribution < -0.4 is 14.8 Å². The lowest BCUT2D eigenvalue weighted by atomic mass is 10.0. The van der Waals surface area contributed by atoms with Gasteiger partial charge in [0.25, 0.3) is 0 Å². The van der Waals surface area contributed by atoms with Crippen molar-refractivity contribution in [1.29, 1.82) is 0 Å². The second-order valence-corrected chi connectivity index (χ2v) is 5.91. The van der Waals surface area contributed by atoms with E-state index in [1.54, 1.807) is 47.1 Å². The molecule has 0 aliphatic rings. The van der Waals surface area contributed by atoms with Gasteiger partial charge in [-0.1, -0.05) is 0 Å². The number of ether oxygens (including phenoxy) is 3. The van der Waals surface area contributed by atoms with Crippen LogP contribution in [-0.4, -0.2) is 43.7 Å². The molecule has 1 aromatic carbocycles. The fourth-order valence-corrected chi connectivity index (χ4v) is 1.94. The molecule has 0 saturated carbocycles. The number of aliphatic hydroxyl groups excluding tert-OH is 1. The molecule has 6 heteroatoms. The molecule has 2 N–H and O–H groups in total. The molecule has 0 aliphatic heterocycles. The summed E-state index contributed by atoms with van der Waals surface area (Å²) in [4.78, 5) is 11.8. The number of alkyl carbamates (subject to hydrolysis) is 1. The summed E-state index contributed by atoms with van der Waals surface area (Å²) in [5, 5.41) is 12.1. The SMILES string of the molecule is COc1ccc(OC)c(CC(CO)NC(=O)OC(C)(C)C)c1. The van der Waals surface area contributed by atoms with Crippen molar-refractivity contribution < 1.29 is 24.1 Å². The number of benzene rings is 1. The van der Waals surface area contributed by atoms with Crippen LogP contribution in [0.4, 0.5) is 4.79 Å². The first-order chi connectivity index (χ1) is 10.3.